The SMILES string of the molecule is Cc1c(C(=O)N2CC(CN)CC2C)cccc1N1CCNC1=O.Cl. The normalized spacial score (nSPS) is 23.2. The predicted octanol–water partition coefficient (Wildman–Crippen LogP) is 1.76. The maximum Gasteiger partial charge on any atom is 0.322 e. The summed E-state index contributed by atoms with van der Waals surface area (Å²) in [7, 11) is 0. The molecular weight excluding hydrogens is 328 g/mol. The predicted molar refractivity (Wildman–Crippen MR) is 96.8 cm³/mol. The monoisotopic (exact) mass is 352 g/mol. The average molecular weight is 353 g/mol. The lowest BCUT2D eigenvalue weighted by Crippen LogP contribution is -2.35. The number of urea groups is 1. The van der Waals surface area contributed by atoms with E-state index in [0.717, 1.165) is 17.7 Å². The van der Waals surface area contributed by atoms with Crippen molar-refractivity contribution >= 4 is 30.0 Å². The summed E-state index contributed by atoms with van der Waals surface area (Å²) in [6.07, 6.45) is 0.954. The van der Waals surface area contributed by atoms with Crippen LogP contribution in [0.5, 0.6) is 0 Å². The lowest BCUT2D eigenvalue weighted by Gasteiger charge is -2.24. The van der Waals surface area contributed by atoms with Gasteiger partial charge in [0.05, 0.1) is 0 Å². The summed E-state index contributed by atoms with van der Waals surface area (Å²) in [4.78, 5) is 28.5. The summed E-state index contributed by atoms with van der Waals surface area (Å²) in [5.74, 6) is 0.411. The topological polar surface area (TPSA) is 78.7 Å². The van der Waals surface area contributed by atoms with Gasteiger partial charge < -0.3 is 16.0 Å². The van der Waals surface area contributed by atoms with Gasteiger partial charge in [0.15, 0.2) is 0 Å². The fraction of sp³-hybridized carbons (Fsp3) is 0.529. The molecule has 2 heterocycles. The van der Waals surface area contributed by atoms with Crippen LogP contribution in [0.3, 0.4) is 0 Å². The van der Waals surface area contributed by atoms with Gasteiger partial charge in [-0.1, -0.05) is 6.07 Å². The third-order valence-corrected chi connectivity index (χ3v) is 4.94. The molecule has 6 nitrogen and oxygen atoms in total. The molecule has 2 aliphatic rings. The van der Waals surface area contributed by atoms with E-state index in [-0.39, 0.29) is 30.4 Å². The van der Waals surface area contributed by atoms with Crippen LogP contribution in [0.4, 0.5) is 10.5 Å². The molecule has 1 aromatic carbocycles. The van der Waals surface area contributed by atoms with Crippen molar-refractivity contribution in [2.24, 2.45) is 11.7 Å². The smallest absolute Gasteiger partial charge is 0.322 e. The van der Waals surface area contributed by atoms with Crippen molar-refractivity contribution < 1.29 is 9.59 Å². The van der Waals surface area contributed by atoms with Gasteiger partial charge >= 0.3 is 6.03 Å². The largest absolute Gasteiger partial charge is 0.336 e. The fourth-order valence-electron chi connectivity index (χ4n) is 3.60. The number of likely N-dealkylation sites (tertiary alicyclic amines) is 1. The van der Waals surface area contributed by atoms with Crippen molar-refractivity contribution in [3.63, 3.8) is 0 Å². The Labute approximate surface area is 148 Å². The van der Waals surface area contributed by atoms with E-state index in [4.69, 9.17) is 5.73 Å². The molecule has 24 heavy (non-hydrogen) atoms. The summed E-state index contributed by atoms with van der Waals surface area (Å²) < 4.78 is 0. The van der Waals surface area contributed by atoms with E-state index in [0.29, 0.717) is 37.7 Å². The first-order valence-corrected chi connectivity index (χ1v) is 8.19. The Bertz CT molecular complexity index is 637. The van der Waals surface area contributed by atoms with Crippen molar-refractivity contribution in [2.75, 3.05) is 31.1 Å². The van der Waals surface area contributed by atoms with Crippen LogP contribution in [0.1, 0.15) is 29.3 Å². The Morgan fingerprint density at radius 1 is 1.42 bits per heavy atom. The molecule has 0 saturated carbocycles. The zero-order valence-corrected chi connectivity index (χ0v) is 14.9. The molecule has 7 heteroatoms. The van der Waals surface area contributed by atoms with Gasteiger partial charge in [0, 0.05) is 36.9 Å². The highest BCUT2D eigenvalue weighted by molar-refractivity contribution is 6.00. The quantitative estimate of drug-likeness (QED) is 0.870. The first-order valence-electron chi connectivity index (χ1n) is 8.19. The number of hydrogen-bond acceptors (Lipinski definition) is 3. The van der Waals surface area contributed by atoms with E-state index >= 15 is 0 Å². The van der Waals surface area contributed by atoms with E-state index < -0.39 is 0 Å². The number of rotatable bonds is 3. The van der Waals surface area contributed by atoms with Gasteiger partial charge in [-0.3, -0.25) is 9.69 Å². The molecule has 0 aromatic heterocycles. The number of halogens is 1. The Kier molecular flexibility index (Phi) is 5.72. The molecule has 3 N–H and O–H groups in total. The molecule has 2 saturated heterocycles. The zero-order chi connectivity index (χ0) is 16.6. The minimum Gasteiger partial charge on any atom is -0.336 e. The third kappa shape index (κ3) is 3.21. The summed E-state index contributed by atoms with van der Waals surface area (Å²) in [6.45, 7) is 6.58. The Morgan fingerprint density at radius 3 is 2.75 bits per heavy atom. The van der Waals surface area contributed by atoms with E-state index in [1.807, 2.05) is 30.0 Å². The lowest BCUT2D eigenvalue weighted by molar-refractivity contribution is 0.0742. The fourth-order valence-corrected chi connectivity index (χ4v) is 3.60. The number of nitrogens with zero attached hydrogens (tertiary/aromatic N) is 2. The number of carbonyl (C=O) groups excluding carboxylic acids is 2. The molecule has 3 amide bonds. The van der Waals surface area contributed by atoms with E-state index in [2.05, 4.69) is 12.2 Å². The second-order valence-electron chi connectivity index (χ2n) is 6.48. The van der Waals surface area contributed by atoms with Crippen LogP contribution in [0.25, 0.3) is 0 Å². The number of hydrogen-bond donors (Lipinski definition) is 2. The van der Waals surface area contributed by atoms with Gasteiger partial charge in [-0.15, -0.1) is 12.4 Å². The summed E-state index contributed by atoms with van der Waals surface area (Å²) in [5.41, 5.74) is 8.11. The van der Waals surface area contributed by atoms with Gasteiger partial charge in [0.25, 0.3) is 5.91 Å². The van der Waals surface area contributed by atoms with Crippen LogP contribution >= 0.6 is 12.4 Å². The zero-order valence-electron chi connectivity index (χ0n) is 14.1. The van der Waals surface area contributed by atoms with Crippen LogP contribution in [0.2, 0.25) is 0 Å². The lowest BCUT2D eigenvalue weighted by atomic mass is 10.0. The minimum atomic E-state index is -0.101. The number of amides is 3. The Hall–Kier alpha value is -1.79. The van der Waals surface area contributed by atoms with Crippen molar-refractivity contribution in [3.05, 3.63) is 29.3 Å². The Balaban J connectivity index is 0.00000208. The molecule has 0 aliphatic carbocycles. The van der Waals surface area contributed by atoms with Crippen LogP contribution in [0, 0.1) is 12.8 Å². The number of nitrogens with two attached hydrogens (primary N) is 1. The molecule has 132 valence electrons. The maximum atomic E-state index is 13.0. The first-order chi connectivity index (χ1) is 11.0. The highest BCUT2D eigenvalue weighted by Gasteiger charge is 2.33. The van der Waals surface area contributed by atoms with Crippen molar-refractivity contribution in [2.45, 2.75) is 26.3 Å². The van der Waals surface area contributed by atoms with Gasteiger partial charge in [-0.05, 0) is 50.4 Å². The molecule has 0 bridgehead atoms. The van der Waals surface area contributed by atoms with E-state index in [1.165, 1.54) is 0 Å². The maximum absolute atomic E-state index is 13.0. The minimum absolute atomic E-state index is 0. The highest BCUT2D eigenvalue weighted by Crippen LogP contribution is 2.29. The number of benzene rings is 1. The number of anilines is 1. The summed E-state index contributed by atoms with van der Waals surface area (Å²) in [5, 5.41) is 2.80. The standard InChI is InChI=1S/C17H24N4O2.ClH/c1-11-8-13(9-18)10-21(11)16(22)14-4-3-5-15(12(14)2)20-7-6-19-17(20)23;/h3-5,11,13H,6-10,18H2,1-2H3,(H,19,23);1H. The number of nitrogens with one attached hydrogen (secondary N) is 1. The second kappa shape index (κ2) is 7.40. The van der Waals surface area contributed by atoms with Crippen LogP contribution in [0.15, 0.2) is 18.2 Å². The average Bonchev–Trinajstić information content (AvgIpc) is 3.12. The number of carbonyl (C=O) groups is 2. The van der Waals surface area contributed by atoms with Crippen molar-refractivity contribution in [3.8, 4) is 0 Å². The first kappa shape index (κ1) is 18.5. The van der Waals surface area contributed by atoms with E-state index in [1.54, 1.807) is 4.90 Å². The summed E-state index contributed by atoms with van der Waals surface area (Å²) in [6, 6.07) is 5.69. The van der Waals surface area contributed by atoms with E-state index in [9.17, 15) is 9.59 Å². The van der Waals surface area contributed by atoms with Crippen molar-refractivity contribution in [1.29, 1.82) is 0 Å². The van der Waals surface area contributed by atoms with Crippen LogP contribution in [-0.4, -0.2) is 49.1 Å². The second-order valence-corrected chi connectivity index (χ2v) is 6.48. The molecule has 2 atom stereocenters. The van der Waals surface area contributed by atoms with Gasteiger partial charge in [0.2, 0.25) is 0 Å². The molecule has 2 unspecified atom stereocenters. The molecular formula is C17H25ClN4O2. The molecule has 2 fully saturated rings. The molecule has 2 aliphatic heterocycles. The van der Waals surface area contributed by atoms with Gasteiger partial charge in [-0.2, -0.15) is 0 Å². The van der Waals surface area contributed by atoms with Crippen LogP contribution in [-0.2, 0) is 0 Å². The molecule has 0 radical (unpaired) electrons. The van der Waals surface area contributed by atoms with Crippen LogP contribution < -0.4 is 16.0 Å². The molecule has 0 spiro atoms. The Morgan fingerprint density at radius 2 is 2.17 bits per heavy atom. The van der Waals surface area contributed by atoms with Crippen molar-refractivity contribution in [1.82, 2.24) is 10.2 Å². The molecule has 1 aromatic rings. The third-order valence-electron chi connectivity index (χ3n) is 4.94. The highest BCUT2D eigenvalue weighted by atomic mass is 35.5. The molecule has 3 rings (SSSR count). The van der Waals surface area contributed by atoms with Gasteiger partial charge in [0.1, 0.15) is 0 Å². The summed E-state index contributed by atoms with van der Waals surface area (Å²) >= 11 is 0. The van der Waals surface area contributed by atoms with Gasteiger partial charge in [-0.25, -0.2) is 4.79 Å².